The van der Waals surface area contributed by atoms with Crippen molar-refractivity contribution >= 4 is 33.9 Å². The predicted molar refractivity (Wildman–Crippen MR) is 111 cm³/mol. The van der Waals surface area contributed by atoms with Crippen LogP contribution in [-0.4, -0.2) is 26.9 Å². The van der Waals surface area contributed by atoms with Gasteiger partial charge in [0.05, 0.1) is 17.3 Å². The fourth-order valence-electron chi connectivity index (χ4n) is 3.31. The van der Waals surface area contributed by atoms with Gasteiger partial charge in [0.15, 0.2) is 5.13 Å². The first kappa shape index (κ1) is 18.9. The number of benzene rings is 2. The zero-order chi connectivity index (χ0) is 20.7. The average Bonchev–Trinajstić information content (AvgIpc) is 3.18. The van der Waals surface area contributed by atoms with E-state index in [1.807, 2.05) is 13.8 Å². The van der Waals surface area contributed by atoms with Crippen LogP contribution in [0.4, 0.5) is 5.13 Å². The van der Waals surface area contributed by atoms with Crippen molar-refractivity contribution < 1.29 is 19.8 Å². The maximum atomic E-state index is 13.0. The standard InChI is InChI=1S/C22H18N2O4S/c1-12-13(2)29-22(23-12)24-18(14-8-10-16(25)11-9-14)17(20(27)21(24)28)19(26)15-6-4-3-5-7-15/h3-11,18,25-26H,1-2H3/b19-17+/t18-/m0/s1. The molecular formula is C22H18N2O4S. The van der Waals surface area contributed by atoms with Crippen molar-refractivity contribution in [2.45, 2.75) is 19.9 Å². The SMILES string of the molecule is Cc1nc(N2C(=O)C(=O)/C(=C(/O)c3ccccc3)[C@@H]2c2ccc(O)cc2)sc1C. The first-order valence-electron chi connectivity index (χ1n) is 8.98. The second kappa shape index (κ2) is 7.18. The van der Waals surface area contributed by atoms with Crippen LogP contribution in [0.2, 0.25) is 0 Å². The van der Waals surface area contributed by atoms with E-state index in [1.165, 1.54) is 28.4 Å². The first-order valence-corrected chi connectivity index (χ1v) is 9.79. The van der Waals surface area contributed by atoms with E-state index in [9.17, 15) is 19.8 Å². The number of amides is 1. The number of aliphatic hydroxyl groups excluding tert-OH is 1. The van der Waals surface area contributed by atoms with Gasteiger partial charge >= 0.3 is 5.91 Å². The molecule has 0 saturated carbocycles. The summed E-state index contributed by atoms with van der Waals surface area (Å²) in [6.07, 6.45) is 0. The van der Waals surface area contributed by atoms with Crippen LogP contribution >= 0.6 is 11.3 Å². The molecule has 6 nitrogen and oxygen atoms in total. The van der Waals surface area contributed by atoms with E-state index in [2.05, 4.69) is 4.98 Å². The van der Waals surface area contributed by atoms with Gasteiger partial charge in [-0.3, -0.25) is 14.5 Å². The Morgan fingerprint density at radius 2 is 1.69 bits per heavy atom. The van der Waals surface area contributed by atoms with Crippen molar-refractivity contribution in [1.29, 1.82) is 0 Å². The summed E-state index contributed by atoms with van der Waals surface area (Å²) in [5.74, 6) is -1.69. The lowest BCUT2D eigenvalue weighted by Crippen LogP contribution is -2.29. The predicted octanol–water partition coefficient (Wildman–Crippen LogP) is 4.09. The monoisotopic (exact) mass is 406 g/mol. The van der Waals surface area contributed by atoms with Gasteiger partial charge in [-0.25, -0.2) is 4.98 Å². The number of hydrogen-bond donors (Lipinski definition) is 2. The molecule has 0 radical (unpaired) electrons. The summed E-state index contributed by atoms with van der Waals surface area (Å²) in [6, 6.07) is 14.0. The Morgan fingerprint density at radius 3 is 2.28 bits per heavy atom. The number of aromatic hydroxyl groups is 1. The normalized spacial score (nSPS) is 18.4. The van der Waals surface area contributed by atoms with Crippen LogP contribution in [0, 0.1) is 13.8 Å². The zero-order valence-electron chi connectivity index (χ0n) is 15.8. The van der Waals surface area contributed by atoms with Crippen LogP contribution in [0.15, 0.2) is 60.2 Å². The Bertz CT molecular complexity index is 1110. The lowest BCUT2D eigenvalue weighted by molar-refractivity contribution is -0.132. The number of hydrogen-bond acceptors (Lipinski definition) is 6. The second-order valence-corrected chi connectivity index (χ2v) is 7.95. The Morgan fingerprint density at radius 1 is 1.03 bits per heavy atom. The highest BCUT2D eigenvalue weighted by Gasteiger charge is 2.48. The minimum Gasteiger partial charge on any atom is -0.508 e. The number of anilines is 1. The maximum Gasteiger partial charge on any atom is 0.301 e. The van der Waals surface area contributed by atoms with E-state index >= 15 is 0 Å². The number of phenols is 1. The number of aromatic nitrogens is 1. The van der Waals surface area contributed by atoms with Crippen LogP contribution in [0.25, 0.3) is 5.76 Å². The molecule has 0 unspecified atom stereocenters. The number of rotatable bonds is 3. The van der Waals surface area contributed by atoms with Crippen LogP contribution < -0.4 is 4.90 Å². The van der Waals surface area contributed by atoms with Crippen molar-refractivity contribution in [2.75, 3.05) is 4.90 Å². The van der Waals surface area contributed by atoms with Crippen LogP contribution in [0.5, 0.6) is 5.75 Å². The fraction of sp³-hybridized carbons (Fsp3) is 0.136. The van der Waals surface area contributed by atoms with Crippen LogP contribution in [0.3, 0.4) is 0 Å². The van der Waals surface area contributed by atoms with Gasteiger partial charge in [-0.2, -0.15) is 0 Å². The molecule has 4 rings (SSSR count). The molecule has 1 aliphatic rings. The largest absolute Gasteiger partial charge is 0.508 e. The molecular weight excluding hydrogens is 388 g/mol. The van der Waals surface area contributed by atoms with Gasteiger partial charge in [0.1, 0.15) is 11.5 Å². The summed E-state index contributed by atoms with van der Waals surface area (Å²) in [5, 5.41) is 21.0. The first-order chi connectivity index (χ1) is 13.9. The van der Waals surface area contributed by atoms with Crippen molar-refractivity contribution in [2.24, 2.45) is 0 Å². The average molecular weight is 406 g/mol. The third kappa shape index (κ3) is 3.19. The quantitative estimate of drug-likeness (QED) is 0.388. The molecule has 3 aromatic rings. The van der Waals surface area contributed by atoms with Crippen molar-refractivity contribution in [1.82, 2.24) is 4.98 Å². The van der Waals surface area contributed by atoms with E-state index in [1.54, 1.807) is 42.5 Å². The zero-order valence-corrected chi connectivity index (χ0v) is 16.6. The number of phenolic OH excluding ortho intramolecular Hbond substituents is 1. The molecule has 146 valence electrons. The summed E-state index contributed by atoms with van der Waals surface area (Å²) in [7, 11) is 0. The van der Waals surface area contributed by atoms with Gasteiger partial charge in [0.2, 0.25) is 0 Å². The van der Waals surface area contributed by atoms with E-state index in [0.29, 0.717) is 16.3 Å². The summed E-state index contributed by atoms with van der Waals surface area (Å²) < 4.78 is 0. The van der Waals surface area contributed by atoms with Gasteiger partial charge in [0, 0.05) is 10.4 Å². The topological polar surface area (TPSA) is 90.7 Å². The molecule has 1 fully saturated rings. The molecule has 2 N–H and O–H groups in total. The highest BCUT2D eigenvalue weighted by molar-refractivity contribution is 7.16. The number of carbonyl (C=O) groups excluding carboxylic acids is 2. The summed E-state index contributed by atoms with van der Waals surface area (Å²) >= 11 is 1.32. The van der Waals surface area contributed by atoms with Crippen molar-refractivity contribution in [3.63, 3.8) is 0 Å². The van der Waals surface area contributed by atoms with E-state index in [4.69, 9.17) is 0 Å². The minimum absolute atomic E-state index is 0.00241. The number of carbonyl (C=O) groups is 2. The molecule has 1 amide bonds. The number of aliphatic hydroxyl groups is 1. The van der Waals surface area contributed by atoms with Crippen LogP contribution in [-0.2, 0) is 9.59 Å². The highest BCUT2D eigenvalue weighted by atomic mass is 32.1. The second-order valence-electron chi connectivity index (χ2n) is 6.76. The third-order valence-corrected chi connectivity index (χ3v) is 6.00. The van der Waals surface area contributed by atoms with E-state index in [-0.39, 0.29) is 17.1 Å². The van der Waals surface area contributed by atoms with Gasteiger partial charge in [-0.1, -0.05) is 42.5 Å². The number of ketones is 1. The minimum atomic E-state index is -0.847. The van der Waals surface area contributed by atoms with E-state index < -0.39 is 17.7 Å². The molecule has 0 bridgehead atoms. The molecule has 29 heavy (non-hydrogen) atoms. The highest BCUT2D eigenvalue weighted by Crippen LogP contribution is 2.43. The summed E-state index contributed by atoms with van der Waals surface area (Å²) in [5.41, 5.74) is 1.81. The molecule has 7 heteroatoms. The van der Waals surface area contributed by atoms with E-state index in [0.717, 1.165) is 10.6 Å². The van der Waals surface area contributed by atoms with Crippen LogP contribution in [0.1, 0.15) is 27.7 Å². The van der Waals surface area contributed by atoms with Gasteiger partial charge in [-0.05, 0) is 31.5 Å². The summed E-state index contributed by atoms with van der Waals surface area (Å²) in [4.78, 5) is 32.7. The Kier molecular flexibility index (Phi) is 4.68. The molecule has 1 aromatic heterocycles. The third-order valence-electron chi connectivity index (χ3n) is 4.92. The smallest absolute Gasteiger partial charge is 0.301 e. The van der Waals surface area contributed by atoms with Gasteiger partial charge in [-0.15, -0.1) is 11.3 Å². The molecule has 2 heterocycles. The molecule has 2 aromatic carbocycles. The van der Waals surface area contributed by atoms with Gasteiger partial charge in [0.25, 0.3) is 5.78 Å². The number of nitrogens with zero attached hydrogens (tertiary/aromatic N) is 2. The molecule has 1 saturated heterocycles. The van der Waals surface area contributed by atoms with Gasteiger partial charge < -0.3 is 10.2 Å². The lowest BCUT2D eigenvalue weighted by Gasteiger charge is -2.23. The summed E-state index contributed by atoms with van der Waals surface area (Å²) in [6.45, 7) is 3.73. The molecule has 1 aliphatic heterocycles. The van der Waals surface area contributed by atoms with Crippen molar-refractivity contribution in [3.05, 3.63) is 81.9 Å². The maximum absolute atomic E-state index is 13.0. The fourth-order valence-corrected chi connectivity index (χ4v) is 4.25. The number of thiazole rings is 1. The number of aryl methyl sites for hydroxylation is 2. The van der Waals surface area contributed by atoms with Crippen molar-refractivity contribution in [3.8, 4) is 5.75 Å². The number of Topliss-reactive ketones (excluding diaryl/α,β-unsaturated/α-hetero) is 1. The lowest BCUT2D eigenvalue weighted by atomic mass is 9.95. The molecule has 0 aliphatic carbocycles. The Hall–Kier alpha value is -3.45. The molecule has 1 atom stereocenters. The Labute approximate surface area is 171 Å². The molecule has 0 spiro atoms. The Balaban J connectivity index is 1.95.